The van der Waals surface area contributed by atoms with Crippen molar-refractivity contribution in [2.75, 3.05) is 12.5 Å². The molecule has 0 saturated carbocycles. The van der Waals surface area contributed by atoms with Crippen molar-refractivity contribution in [3.05, 3.63) is 22.4 Å². The molecule has 0 bridgehead atoms. The second-order valence-electron chi connectivity index (χ2n) is 2.11. The molecule has 0 unspecified atom stereocenters. The van der Waals surface area contributed by atoms with Crippen LogP contribution in [0, 0.1) is 5.82 Å². The van der Waals surface area contributed by atoms with Crippen LogP contribution in [0.3, 0.4) is 0 Å². The number of nitrogens with two attached hydrogens (primary N) is 1. The van der Waals surface area contributed by atoms with E-state index >= 15 is 0 Å². The predicted molar refractivity (Wildman–Crippen MR) is 48.5 cm³/mol. The van der Waals surface area contributed by atoms with Crippen molar-refractivity contribution in [1.82, 2.24) is 0 Å². The number of halogens is 2. The van der Waals surface area contributed by atoms with Gasteiger partial charge >= 0.3 is 0 Å². The van der Waals surface area contributed by atoms with E-state index < -0.39 is 5.82 Å². The number of anilines is 1. The van der Waals surface area contributed by atoms with Crippen LogP contribution in [-0.2, 0) is 0 Å². The van der Waals surface area contributed by atoms with Crippen LogP contribution in [0.4, 0.5) is 10.1 Å². The Morgan fingerprint density at radius 3 is 2.75 bits per heavy atom. The fourth-order valence-corrected chi connectivity index (χ4v) is 1.26. The van der Waals surface area contributed by atoms with Gasteiger partial charge in [-0.05, 0) is 12.1 Å². The maximum absolute atomic E-state index is 13.0. The molecule has 0 aliphatic heterocycles. The molecule has 5 heteroatoms. The molecule has 66 valence electrons. The zero-order valence-corrected chi connectivity index (χ0v) is 7.98. The van der Waals surface area contributed by atoms with Gasteiger partial charge in [0.15, 0.2) is 5.82 Å². The molecule has 3 nitrogen and oxygen atoms in total. The van der Waals surface area contributed by atoms with Crippen LogP contribution in [0.2, 0.25) is 0 Å². The van der Waals surface area contributed by atoms with Gasteiger partial charge in [-0.2, -0.15) is 0 Å². The van der Waals surface area contributed by atoms with Gasteiger partial charge in [-0.15, -0.1) is 0 Å². The average Bonchev–Trinajstić information content (AvgIpc) is 2.03. The molecule has 0 saturated heterocycles. The van der Waals surface area contributed by atoms with Crippen LogP contribution in [0.15, 0.2) is 16.6 Å². The van der Waals surface area contributed by atoms with Crippen molar-refractivity contribution in [3.8, 4) is 5.75 Å². The van der Waals surface area contributed by atoms with Crippen LogP contribution >= 0.6 is 15.9 Å². The first-order valence-corrected chi connectivity index (χ1v) is 3.98. The maximum atomic E-state index is 13.0. The van der Waals surface area contributed by atoms with Gasteiger partial charge in [0.1, 0.15) is 11.4 Å². The lowest BCUT2D eigenvalue weighted by Crippen LogP contribution is -2.10. The van der Waals surface area contributed by atoms with Gasteiger partial charge in [-0.3, -0.25) is 5.84 Å². The van der Waals surface area contributed by atoms with E-state index in [2.05, 4.69) is 21.4 Å². The SMILES string of the molecule is COc1cc(Br)cc(F)c1NN. The lowest BCUT2D eigenvalue weighted by Gasteiger charge is -2.08. The van der Waals surface area contributed by atoms with Gasteiger partial charge in [0.05, 0.1) is 7.11 Å². The Hall–Kier alpha value is -0.810. The number of benzene rings is 1. The quantitative estimate of drug-likeness (QED) is 0.607. The normalized spacial score (nSPS) is 9.67. The van der Waals surface area contributed by atoms with E-state index in [-0.39, 0.29) is 5.69 Å². The van der Waals surface area contributed by atoms with Crippen molar-refractivity contribution in [1.29, 1.82) is 0 Å². The van der Waals surface area contributed by atoms with E-state index in [1.165, 1.54) is 13.2 Å². The Kier molecular flexibility index (Phi) is 2.88. The van der Waals surface area contributed by atoms with Crippen LogP contribution in [0.5, 0.6) is 5.75 Å². The molecular formula is C7H8BrFN2O. The highest BCUT2D eigenvalue weighted by Crippen LogP contribution is 2.30. The number of hydrazine groups is 1. The summed E-state index contributed by atoms with van der Waals surface area (Å²) in [5, 5.41) is 0. The summed E-state index contributed by atoms with van der Waals surface area (Å²) in [4.78, 5) is 0. The molecule has 0 amide bonds. The summed E-state index contributed by atoms with van der Waals surface area (Å²) >= 11 is 3.13. The molecule has 1 aromatic rings. The van der Waals surface area contributed by atoms with Gasteiger partial charge in [-0.25, -0.2) is 4.39 Å². The number of nitrogen functional groups attached to an aromatic ring is 1. The van der Waals surface area contributed by atoms with Crippen molar-refractivity contribution < 1.29 is 9.13 Å². The van der Waals surface area contributed by atoms with E-state index in [0.29, 0.717) is 10.2 Å². The third-order valence-corrected chi connectivity index (χ3v) is 1.84. The standard InChI is InChI=1S/C7H8BrFN2O/c1-12-6-3-4(8)2-5(9)7(6)11-10/h2-3,11H,10H2,1H3. The maximum Gasteiger partial charge on any atom is 0.152 e. The van der Waals surface area contributed by atoms with Gasteiger partial charge in [0.2, 0.25) is 0 Å². The van der Waals surface area contributed by atoms with Gasteiger partial charge in [-0.1, -0.05) is 15.9 Å². The van der Waals surface area contributed by atoms with E-state index in [4.69, 9.17) is 10.6 Å². The minimum absolute atomic E-state index is 0.153. The second-order valence-corrected chi connectivity index (χ2v) is 3.02. The topological polar surface area (TPSA) is 47.3 Å². The number of hydrogen-bond donors (Lipinski definition) is 2. The summed E-state index contributed by atoms with van der Waals surface area (Å²) in [5.74, 6) is 5.00. The van der Waals surface area contributed by atoms with Crippen LogP contribution in [0.25, 0.3) is 0 Å². The van der Waals surface area contributed by atoms with Crippen LogP contribution in [-0.4, -0.2) is 7.11 Å². The van der Waals surface area contributed by atoms with E-state index in [1.807, 2.05) is 0 Å². The highest BCUT2D eigenvalue weighted by atomic mass is 79.9. The number of methoxy groups -OCH3 is 1. The smallest absolute Gasteiger partial charge is 0.152 e. The first kappa shape index (κ1) is 9.28. The Morgan fingerprint density at radius 2 is 2.25 bits per heavy atom. The number of ether oxygens (including phenoxy) is 1. The molecule has 0 heterocycles. The molecule has 0 aliphatic carbocycles. The number of hydrogen-bond acceptors (Lipinski definition) is 3. The largest absolute Gasteiger partial charge is 0.494 e. The molecule has 1 aromatic carbocycles. The van der Waals surface area contributed by atoms with Gasteiger partial charge in [0, 0.05) is 4.47 Å². The zero-order chi connectivity index (χ0) is 9.14. The molecule has 0 aromatic heterocycles. The van der Waals surface area contributed by atoms with Gasteiger partial charge < -0.3 is 10.2 Å². The zero-order valence-electron chi connectivity index (χ0n) is 6.40. The Labute approximate surface area is 77.8 Å². The first-order chi connectivity index (χ1) is 5.69. The summed E-state index contributed by atoms with van der Waals surface area (Å²) in [6.45, 7) is 0. The molecule has 12 heavy (non-hydrogen) atoms. The third kappa shape index (κ3) is 1.67. The van der Waals surface area contributed by atoms with Crippen molar-refractivity contribution in [3.63, 3.8) is 0 Å². The lowest BCUT2D eigenvalue weighted by molar-refractivity contribution is 0.413. The van der Waals surface area contributed by atoms with E-state index in [9.17, 15) is 4.39 Å². The molecule has 0 spiro atoms. The highest BCUT2D eigenvalue weighted by Gasteiger charge is 2.08. The van der Waals surface area contributed by atoms with E-state index in [1.54, 1.807) is 6.07 Å². The summed E-state index contributed by atoms with van der Waals surface area (Å²) < 4.78 is 18.5. The van der Waals surface area contributed by atoms with Crippen molar-refractivity contribution >= 4 is 21.6 Å². The average molecular weight is 235 g/mol. The molecule has 0 aliphatic rings. The molecular weight excluding hydrogens is 227 g/mol. The summed E-state index contributed by atoms with van der Waals surface area (Å²) in [6.07, 6.45) is 0. The van der Waals surface area contributed by atoms with Crippen molar-refractivity contribution in [2.24, 2.45) is 5.84 Å². The van der Waals surface area contributed by atoms with Crippen LogP contribution in [0.1, 0.15) is 0 Å². The van der Waals surface area contributed by atoms with Crippen LogP contribution < -0.4 is 16.0 Å². The second kappa shape index (κ2) is 3.73. The summed E-state index contributed by atoms with van der Waals surface area (Å²) in [5.41, 5.74) is 2.37. The minimum atomic E-state index is -0.455. The third-order valence-electron chi connectivity index (χ3n) is 1.38. The molecule has 0 atom stereocenters. The monoisotopic (exact) mass is 234 g/mol. The molecule has 0 fully saturated rings. The van der Waals surface area contributed by atoms with E-state index in [0.717, 1.165) is 0 Å². The Morgan fingerprint density at radius 1 is 1.58 bits per heavy atom. The Balaban J connectivity index is 3.24. The summed E-state index contributed by atoms with van der Waals surface area (Å²) in [7, 11) is 1.45. The van der Waals surface area contributed by atoms with Gasteiger partial charge in [0.25, 0.3) is 0 Å². The fourth-order valence-electron chi connectivity index (χ4n) is 0.851. The number of rotatable bonds is 2. The molecule has 1 rings (SSSR count). The molecule has 3 N–H and O–H groups in total. The van der Waals surface area contributed by atoms with Crippen molar-refractivity contribution in [2.45, 2.75) is 0 Å². The highest BCUT2D eigenvalue weighted by molar-refractivity contribution is 9.10. The number of nitrogens with one attached hydrogen (secondary N) is 1. The fraction of sp³-hybridized carbons (Fsp3) is 0.143. The summed E-state index contributed by atoms with van der Waals surface area (Å²) in [6, 6.07) is 2.93. The predicted octanol–water partition coefficient (Wildman–Crippen LogP) is 1.88. The Bertz CT molecular complexity index is 293. The first-order valence-electron chi connectivity index (χ1n) is 3.18. The lowest BCUT2D eigenvalue weighted by atomic mass is 10.3. The minimum Gasteiger partial charge on any atom is -0.494 e. The molecule has 0 radical (unpaired) electrons.